The average Bonchev–Trinajstić information content (AvgIpc) is 2.72. The molecule has 1 aromatic carbocycles. The van der Waals surface area contributed by atoms with Gasteiger partial charge in [0.05, 0.1) is 0 Å². The molecule has 5 heteroatoms. The Morgan fingerprint density at radius 2 is 2.35 bits per heavy atom. The molecule has 0 aliphatic heterocycles. The third-order valence-electron chi connectivity index (χ3n) is 2.22. The first-order valence-corrected chi connectivity index (χ1v) is 6.92. The standard InChI is InChI=1S/C12H11BrIN3/c1-2-6-17-7-5-15-12(17)16-9-3-4-11(14)10(13)8-9/h2-5,7-8H,1,6H2,(H,15,16). The fraction of sp³-hybridized carbons (Fsp3) is 0.0833. The summed E-state index contributed by atoms with van der Waals surface area (Å²) >= 11 is 5.79. The first-order valence-electron chi connectivity index (χ1n) is 5.05. The predicted octanol–water partition coefficient (Wildman–Crippen LogP) is 4.18. The third-order valence-corrected chi connectivity index (χ3v) is 4.56. The van der Waals surface area contributed by atoms with Crippen molar-refractivity contribution in [3.8, 4) is 0 Å². The molecule has 0 amide bonds. The van der Waals surface area contributed by atoms with Crippen LogP contribution >= 0.6 is 38.5 Å². The third kappa shape index (κ3) is 3.10. The molecule has 88 valence electrons. The van der Waals surface area contributed by atoms with Crippen molar-refractivity contribution in [3.05, 3.63) is 51.3 Å². The highest BCUT2D eigenvalue weighted by Crippen LogP contribution is 2.24. The molecule has 0 radical (unpaired) electrons. The summed E-state index contributed by atoms with van der Waals surface area (Å²) in [7, 11) is 0. The van der Waals surface area contributed by atoms with E-state index in [1.54, 1.807) is 6.20 Å². The van der Waals surface area contributed by atoms with Crippen LogP contribution < -0.4 is 5.32 Å². The molecule has 1 aromatic heterocycles. The van der Waals surface area contributed by atoms with E-state index in [9.17, 15) is 0 Å². The number of hydrogen-bond acceptors (Lipinski definition) is 2. The first-order chi connectivity index (χ1) is 8.20. The molecule has 0 atom stereocenters. The maximum absolute atomic E-state index is 4.27. The van der Waals surface area contributed by atoms with Crippen LogP contribution in [0.1, 0.15) is 0 Å². The van der Waals surface area contributed by atoms with E-state index in [1.165, 1.54) is 3.57 Å². The van der Waals surface area contributed by atoms with E-state index in [-0.39, 0.29) is 0 Å². The average molecular weight is 404 g/mol. The topological polar surface area (TPSA) is 29.9 Å². The summed E-state index contributed by atoms with van der Waals surface area (Å²) in [6.45, 7) is 4.47. The minimum Gasteiger partial charge on any atom is -0.326 e. The Bertz CT molecular complexity index is 536. The van der Waals surface area contributed by atoms with Gasteiger partial charge in [-0.1, -0.05) is 6.08 Å². The van der Waals surface area contributed by atoms with Crippen molar-refractivity contribution < 1.29 is 0 Å². The zero-order chi connectivity index (χ0) is 12.3. The lowest BCUT2D eigenvalue weighted by atomic mass is 10.3. The maximum atomic E-state index is 4.27. The van der Waals surface area contributed by atoms with Crippen LogP contribution in [0.15, 0.2) is 47.7 Å². The van der Waals surface area contributed by atoms with Gasteiger partial charge < -0.3 is 9.88 Å². The minimum absolute atomic E-state index is 0.744. The van der Waals surface area contributed by atoms with Gasteiger partial charge in [0.15, 0.2) is 0 Å². The van der Waals surface area contributed by atoms with E-state index in [2.05, 4.69) is 55.4 Å². The van der Waals surface area contributed by atoms with E-state index >= 15 is 0 Å². The lowest BCUT2D eigenvalue weighted by Gasteiger charge is -2.08. The largest absolute Gasteiger partial charge is 0.326 e. The number of hydrogen-bond donors (Lipinski definition) is 1. The zero-order valence-electron chi connectivity index (χ0n) is 9.03. The summed E-state index contributed by atoms with van der Waals surface area (Å²) in [5.74, 6) is 0.818. The number of nitrogens with one attached hydrogen (secondary N) is 1. The van der Waals surface area contributed by atoms with Crippen LogP contribution in [0.2, 0.25) is 0 Å². The predicted molar refractivity (Wildman–Crippen MR) is 82.6 cm³/mol. The van der Waals surface area contributed by atoms with E-state index in [4.69, 9.17) is 0 Å². The highest BCUT2D eigenvalue weighted by molar-refractivity contribution is 14.1. The number of rotatable bonds is 4. The number of anilines is 2. The number of aromatic nitrogens is 2. The van der Waals surface area contributed by atoms with Crippen molar-refractivity contribution in [2.24, 2.45) is 0 Å². The van der Waals surface area contributed by atoms with Crippen molar-refractivity contribution in [3.63, 3.8) is 0 Å². The second-order valence-corrected chi connectivity index (χ2v) is 5.46. The number of allylic oxidation sites excluding steroid dienone is 1. The van der Waals surface area contributed by atoms with Gasteiger partial charge in [-0.3, -0.25) is 0 Å². The Morgan fingerprint density at radius 3 is 3.06 bits per heavy atom. The van der Waals surface area contributed by atoms with Crippen molar-refractivity contribution >= 4 is 50.2 Å². The van der Waals surface area contributed by atoms with Crippen molar-refractivity contribution in [1.29, 1.82) is 0 Å². The van der Waals surface area contributed by atoms with Crippen LogP contribution in [0.4, 0.5) is 11.6 Å². The summed E-state index contributed by atoms with van der Waals surface area (Å²) in [5, 5.41) is 3.28. The highest BCUT2D eigenvalue weighted by Gasteiger charge is 2.03. The van der Waals surface area contributed by atoms with E-state index in [0.717, 1.165) is 22.7 Å². The Hall–Kier alpha value is -0.820. The van der Waals surface area contributed by atoms with Gasteiger partial charge in [-0.15, -0.1) is 6.58 Å². The number of imidazole rings is 1. The van der Waals surface area contributed by atoms with Crippen LogP contribution in [0.3, 0.4) is 0 Å². The van der Waals surface area contributed by atoms with Crippen molar-refractivity contribution in [1.82, 2.24) is 9.55 Å². The quantitative estimate of drug-likeness (QED) is 0.613. The van der Waals surface area contributed by atoms with Crippen LogP contribution in [-0.2, 0) is 6.54 Å². The molecule has 3 nitrogen and oxygen atoms in total. The summed E-state index contributed by atoms with van der Waals surface area (Å²) < 4.78 is 4.26. The molecule has 0 bridgehead atoms. The Kier molecular flexibility index (Phi) is 4.22. The summed E-state index contributed by atoms with van der Waals surface area (Å²) in [6, 6.07) is 6.11. The number of nitrogens with zero attached hydrogens (tertiary/aromatic N) is 2. The molecule has 0 saturated carbocycles. The molecule has 0 aliphatic rings. The van der Waals surface area contributed by atoms with Crippen LogP contribution in [0.25, 0.3) is 0 Å². The van der Waals surface area contributed by atoms with Gasteiger partial charge in [0.1, 0.15) is 0 Å². The minimum atomic E-state index is 0.744. The number of halogens is 2. The van der Waals surface area contributed by atoms with Gasteiger partial charge in [-0.05, 0) is 56.7 Å². The molecule has 2 rings (SSSR count). The van der Waals surface area contributed by atoms with Crippen LogP contribution in [0.5, 0.6) is 0 Å². The zero-order valence-corrected chi connectivity index (χ0v) is 12.8. The molecule has 0 fully saturated rings. The van der Waals surface area contributed by atoms with Gasteiger partial charge in [0.2, 0.25) is 5.95 Å². The fourth-order valence-corrected chi connectivity index (χ4v) is 2.14. The lowest BCUT2D eigenvalue weighted by Crippen LogP contribution is -2.01. The van der Waals surface area contributed by atoms with Gasteiger partial charge in [0, 0.05) is 32.7 Å². The molecule has 0 saturated heterocycles. The van der Waals surface area contributed by atoms with Crippen molar-refractivity contribution in [2.75, 3.05) is 5.32 Å². The first kappa shape index (κ1) is 12.6. The maximum Gasteiger partial charge on any atom is 0.207 e. The SMILES string of the molecule is C=CCn1ccnc1Nc1ccc(I)c(Br)c1. The fourth-order valence-electron chi connectivity index (χ4n) is 1.42. The molecule has 2 aromatic rings. The second-order valence-electron chi connectivity index (χ2n) is 3.45. The molecular formula is C12H11BrIN3. The van der Waals surface area contributed by atoms with Crippen molar-refractivity contribution in [2.45, 2.75) is 6.54 Å². The van der Waals surface area contributed by atoms with Gasteiger partial charge in [-0.25, -0.2) is 4.98 Å². The van der Waals surface area contributed by atoms with E-state index in [1.807, 2.05) is 35.0 Å². The Morgan fingerprint density at radius 1 is 1.53 bits per heavy atom. The summed E-state index contributed by atoms with van der Waals surface area (Å²) in [6.07, 6.45) is 5.54. The van der Waals surface area contributed by atoms with Gasteiger partial charge >= 0.3 is 0 Å². The molecular weight excluding hydrogens is 393 g/mol. The Balaban J connectivity index is 2.22. The second kappa shape index (κ2) is 5.68. The highest BCUT2D eigenvalue weighted by atomic mass is 127. The van der Waals surface area contributed by atoms with Gasteiger partial charge in [-0.2, -0.15) is 0 Å². The van der Waals surface area contributed by atoms with Crippen LogP contribution in [-0.4, -0.2) is 9.55 Å². The molecule has 0 aliphatic carbocycles. The molecule has 17 heavy (non-hydrogen) atoms. The lowest BCUT2D eigenvalue weighted by molar-refractivity contribution is 0.833. The molecule has 0 spiro atoms. The normalized spacial score (nSPS) is 10.2. The van der Waals surface area contributed by atoms with Crippen LogP contribution in [0, 0.1) is 3.57 Å². The summed E-state index contributed by atoms with van der Waals surface area (Å²) in [5.41, 5.74) is 1.01. The molecule has 1 N–H and O–H groups in total. The molecule has 1 heterocycles. The monoisotopic (exact) mass is 403 g/mol. The number of benzene rings is 1. The molecule has 0 unspecified atom stereocenters. The smallest absolute Gasteiger partial charge is 0.207 e. The van der Waals surface area contributed by atoms with E-state index < -0.39 is 0 Å². The van der Waals surface area contributed by atoms with E-state index in [0.29, 0.717) is 0 Å². The Labute approximate surface area is 122 Å². The summed E-state index contributed by atoms with van der Waals surface area (Å²) in [4.78, 5) is 4.27. The van der Waals surface area contributed by atoms with Gasteiger partial charge in [0.25, 0.3) is 0 Å².